The number of hydrogen-bond acceptors (Lipinski definition) is 4. The molecule has 0 radical (unpaired) electrons. The van der Waals surface area contributed by atoms with Crippen molar-refractivity contribution < 1.29 is 0 Å². The Morgan fingerprint density at radius 2 is 2.21 bits per heavy atom. The Labute approximate surface area is 125 Å². The lowest BCUT2D eigenvalue weighted by atomic mass is 9.77. The summed E-state index contributed by atoms with van der Waals surface area (Å²) in [5.41, 5.74) is 0.0122. The minimum absolute atomic E-state index is 0.00438. The Morgan fingerprint density at radius 1 is 1.47 bits per heavy atom. The summed E-state index contributed by atoms with van der Waals surface area (Å²) in [6.07, 6.45) is 4.81. The van der Waals surface area contributed by atoms with Gasteiger partial charge in [0.15, 0.2) is 0 Å². The van der Waals surface area contributed by atoms with E-state index in [0.717, 1.165) is 29.7 Å². The van der Waals surface area contributed by atoms with Crippen molar-refractivity contribution >= 4 is 28.3 Å². The third-order valence-corrected chi connectivity index (χ3v) is 4.96. The maximum Gasteiger partial charge on any atom is 0.203 e. The van der Waals surface area contributed by atoms with Crippen LogP contribution in [0.2, 0.25) is 0 Å². The zero-order chi connectivity index (χ0) is 14.1. The SMILES string of the molecule is CC1CCCC(CCl)(Nc2nc(C(C)(C)C)ns2)C1. The minimum atomic E-state index is 0.00438. The summed E-state index contributed by atoms with van der Waals surface area (Å²) in [6.45, 7) is 8.72. The topological polar surface area (TPSA) is 37.8 Å². The van der Waals surface area contributed by atoms with E-state index in [2.05, 4.69) is 42.4 Å². The molecule has 1 fully saturated rings. The molecule has 1 aliphatic rings. The zero-order valence-corrected chi connectivity index (χ0v) is 13.9. The first-order valence-corrected chi connectivity index (χ1v) is 8.34. The van der Waals surface area contributed by atoms with Crippen LogP contribution in [-0.4, -0.2) is 20.8 Å². The number of nitrogens with zero attached hydrogens (tertiary/aromatic N) is 2. The highest BCUT2D eigenvalue weighted by molar-refractivity contribution is 7.09. The van der Waals surface area contributed by atoms with Gasteiger partial charge in [-0.1, -0.05) is 40.5 Å². The van der Waals surface area contributed by atoms with Crippen LogP contribution >= 0.6 is 23.1 Å². The van der Waals surface area contributed by atoms with Gasteiger partial charge in [0.2, 0.25) is 5.13 Å². The van der Waals surface area contributed by atoms with Crippen molar-refractivity contribution in [2.75, 3.05) is 11.2 Å². The molecule has 0 spiro atoms. The van der Waals surface area contributed by atoms with Gasteiger partial charge in [0.05, 0.1) is 5.54 Å². The van der Waals surface area contributed by atoms with E-state index in [0.29, 0.717) is 5.88 Å². The van der Waals surface area contributed by atoms with Crippen LogP contribution in [0.1, 0.15) is 59.2 Å². The third kappa shape index (κ3) is 3.60. The fourth-order valence-corrected chi connectivity index (χ4v) is 3.92. The van der Waals surface area contributed by atoms with Gasteiger partial charge < -0.3 is 5.32 Å². The van der Waals surface area contributed by atoms with Crippen LogP contribution in [0.15, 0.2) is 0 Å². The first-order valence-electron chi connectivity index (χ1n) is 7.03. The number of hydrogen-bond donors (Lipinski definition) is 1. The summed E-state index contributed by atoms with van der Waals surface area (Å²) >= 11 is 7.70. The van der Waals surface area contributed by atoms with E-state index in [4.69, 9.17) is 11.6 Å². The number of rotatable bonds is 3. The lowest BCUT2D eigenvalue weighted by Crippen LogP contribution is -2.44. The zero-order valence-electron chi connectivity index (χ0n) is 12.3. The molecule has 3 nitrogen and oxygen atoms in total. The molecular weight excluding hydrogens is 278 g/mol. The van der Waals surface area contributed by atoms with Gasteiger partial charge in [-0.15, -0.1) is 11.6 Å². The quantitative estimate of drug-likeness (QED) is 0.839. The van der Waals surface area contributed by atoms with Crippen molar-refractivity contribution in [2.45, 2.75) is 64.3 Å². The smallest absolute Gasteiger partial charge is 0.203 e. The second kappa shape index (κ2) is 5.57. The number of anilines is 1. The fourth-order valence-electron chi connectivity index (χ4n) is 2.73. The number of halogens is 1. The number of aromatic nitrogens is 2. The maximum absolute atomic E-state index is 6.24. The van der Waals surface area contributed by atoms with Gasteiger partial charge in [-0.05, 0) is 18.8 Å². The second-order valence-corrected chi connectivity index (χ2v) is 7.93. The Bertz CT molecular complexity index is 427. The number of alkyl halides is 1. The van der Waals surface area contributed by atoms with Crippen LogP contribution in [0.3, 0.4) is 0 Å². The molecule has 19 heavy (non-hydrogen) atoms. The predicted molar refractivity (Wildman–Crippen MR) is 83.3 cm³/mol. The Balaban J connectivity index is 2.12. The average molecular weight is 302 g/mol. The molecule has 1 aromatic heterocycles. The Hall–Kier alpha value is -0.350. The first-order chi connectivity index (χ1) is 8.85. The molecule has 0 amide bonds. The molecule has 1 saturated carbocycles. The van der Waals surface area contributed by atoms with Crippen molar-refractivity contribution in [3.63, 3.8) is 0 Å². The second-order valence-electron chi connectivity index (χ2n) is 6.91. The minimum Gasteiger partial charge on any atom is -0.354 e. The fraction of sp³-hybridized carbons (Fsp3) is 0.857. The van der Waals surface area contributed by atoms with Crippen molar-refractivity contribution in [3.05, 3.63) is 5.82 Å². The summed E-state index contributed by atoms with van der Waals surface area (Å²) in [7, 11) is 0. The van der Waals surface area contributed by atoms with Gasteiger partial charge in [0.25, 0.3) is 0 Å². The van der Waals surface area contributed by atoms with Crippen LogP contribution in [0.5, 0.6) is 0 Å². The van der Waals surface area contributed by atoms with Crippen LogP contribution in [-0.2, 0) is 5.41 Å². The predicted octanol–water partition coefficient (Wildman–Crippen LogP) is 4.44. The van der Waals surface area contributed by atoms with Gasteiger partial charge in [-0.25, -0.2) is 4.98 Å². The van der Waals surface area contributed by atoms with E-state index >= 15 is 0 Å². The normalized spacial score (nSPS) is 28.4. The van der Waals surface area contributed by atoms with Crippen molar-refractivity contribution in [1.29, 1.82) is 0 Å². The lowest BCUT2D eigenvalue weighted by molar-refractivity contribution is 0.279. The Morgan fingerprint density at radius 3 is 2.74 bits per heavy atom. The summed E-state index contributed by atoms with van der Waals surface area (Å²) in [5.74, 6) is 2.28. The van der Waals surface area contributed by atoms with Crippen LogP contribution in [0, 0.1) is 5.92 Å². The molecule has 1 aromatic rings. The monoisotopic (exact) mass is 301 g/mol. The molecule has 2 rings (SSSR count). The molecule has 0 saturated heterocycles. The molecule has 108 valence electrons. The van der Waals surface area contributed by atoms with E-state index in [1.807, 2.05) is 0 Å². The summed E-state index contributed by atoms with van der Waals surface area (Å²) in [5, 5.41) is 4.50. The van der Waals surface area contributed by atoms with Crippen LogP contribution < -0.4 is 5.32 Å². The molecule has 2 atom stereocenters. The number of nitrogens with one attached hydrogen (secondary N) is 1. The highest BCUT2D eigenvalue weighted by Crippen LogP contribution is 2.36. The lowest BCUT2D eigenvalue weighted by Gasteiger charge is -2.39. The van der Waals surface area contributed by atoms with E-state index < -0.39 is 0 Å². The summed E-state index contributed by atoms with van der Waals surface area (Å²) in [6, 6.07) is 0. The average Bonchev–Trinajstić information content (AvgIpc) is 2.77. The Kier molecular flexibility index (Phi) is 4.41. The molecular formula is C14H24ClN3S. The standard InChI is InChI=1S/C14H24ClN3S/c1-10-6-5-7-14(8-10,9-15)17-12-16-11(18-19-12)13(2,3)4/h10H,5-9H2,1-4H3,(H,16,17,18). The summed E-state index contributed by atoms with van der Waals surface area (Å²) < 4.78 is 4.46. The highest BCUT2D eigenvalue weighted by Gasteiger charge is 2.35. The largest absolute Gasteiger partial charge is 0.354 e. The van der Waals surface area contributed by atoms with Crippen LogP contribution in [0.4, 0.5) is 5.13 Å². The molecule has 1 N–H and O–H groups in total. The molecule has 2 unspecified atom stereocenters. The summed E-state index contributed by atoms with van der Waals surface area (Å²) in [4.78, 5) is 4.63. The first kappa shape index (κ1) is 15.0. The van der Waals surface area contributed by atoms with Gasteiger partial charge in [-0.2, -0.15) is 4.37 Å². The van der Waals surface area contributed by atoms with Gasteiger partial charge in [0, 0.05) is 22.8 Å². The molecule has 0 aliphatic heterocycles. The van der Waals surface area contributed by atoms with E-state index in [9.17, 15) is 0 Å². The van der Waals surface area contributed by atoms with Crippen LogP contribution in [0.25, 0.3) is 0 Å². The van der Waals surface area contributed by atoms with Crippen molar-refractivity contribution in [1.82, 2.24) is 9.36 Å². The van der Waals surface area contributed by atoms with E-state index in [1.54, 1.807) is 0 Å². The molecule has 1 aliphatic carbocycles. The van der Waals surface area contributed by atoms with Gasteiger partial charge in [-0.3, -0.25) is 0 Å². The molecule has 0 bridgehead atoms. The molecule has 0 aromatic carbocycles. The van der Waals surface area contributed by atoms with E-state index in [-0.39, 0.29) is 11.0 Å². The molecule has 1 heterocycles. The maximum atomic E-state index is 6.24. The molecule has 5 heteroatoms. The van der Waals surface area contributed by atoms with Gasteiger partial charge in [0.1, 0.15) is 5.82 Å². The van der Waals surface area contributed by atoms with Crippen molar-refractivity contribution in [3.8, 4) is 0 Å². The third-order valence-electron chi connectivity index (χ3n) is 3.82. The van der Waals surface area contributed by atoms with Crippen molar-refractivity contribution in [2.24, 2.45) is 5.92 Å². The van der Waals surface area contributed by atoms with E-state index in [1.165, 1.54) is 24.4 Å². The highest BCUT2D eigenvalue weighted by atomic mass is 35.5. The van der Waals surface area contributed by atoms with Gasteiger partial charge >= 0.3 is 0 Å².